The highest BCUT2D eigenvalue weighted by atomic mass is 16.5. The van der Waals surface area contributed by atoms with Gasteiger partial charge in [0.1, 0.15) is 11.6 Å². The Morgan fingerprint density at radius 3 is 2.22 bits per heavy atom. The predicted octanol–water partition coefficient (Wildman–Crippen LogP) is 4.96. The van der Waals surface area contributed by atoms with Gasteiger partial charge in [-0.1, -0.05) is 30.3 Å². The lowest BCUT2D eigenvalue weighted by atomic mass is 10.1. The van der Waals surface area contributed by atoms with Crippen molar-refractivity contribution in [2.75, 3.05) is 12.4 Å². The molecule has 0 aliphatic rings. The number of hydrogen-bond acceptors (Lipinski definition) is 5. The third-order valence-corrected chi connectivity index (χ3v) is 4.10. The maximum absolute atomic E-state index is 5.21. The first kappa shape index (κ1) is 16.7. The Balaban J connectivity index is 1.75. The molecule has 2 aromatic heterocycles. The Bertz CT molecular complexity index is 961. The molecule has 132 valence electrons. The van der Waals surface area contributed by atoms with Gasteiger partial charge in [-0.3, -0.25) is 4.98 Å². The fraction of sp³-hybridized carbons (Fsp3) is 0.0455. The van der Waals surface area contributed by atoms with E-state index in [9.17, 15) is 0 Å². The summed E-state index contributed by atoms with van der Waals surface area (Å²) in [5.74, 6) is 2.20. The molecule has 5 heteroatoms. The van der Waals surface area contributed by atoms with E-state index in [-0.39, 0.29) is 0 Å². The van der Waals surface area contributed by atoms with Crippen LogP contribution in [0.5, 0.6) is 5.75 Å². The fourth-order valence-corrected chi connectivity index (χ4v) is 2.72. The van der Waals surface area contributed by atoms with Gasteiger partial charge in [-0.2, -0.15) is 0 Å². The van der Waals surface area contributed by atoms with E-state index in [0.717, 1.165) is 34.1 Å². The molecule has 0 spiro atoms. The quantitative estimate of drug-likeness (QED) is 0.549. The number of aromatic nitrogens is 3. The molecule has 5 nitrogen and oxygen atoms in total. The first-order valence-electron chi connectivity index (χ1n) is 8.58. The molecule has 2 aromatic carbocycles. The zero-order valence-corrected chi connectivity index (χ0v) is 14.8. The molecule has 0 unspecified atom stereocenters. The van der Waals surface area contributed by atoms with Crippen LogP contribution in [-0.4, -0.2) is 22.1 Å². The van der Waals surface area contributed by atoms with Crippen LogP contribution in [0.4, 0.5) is 11.5 Å². The van der Waals surface area contributed by atoms with Crippen molar-refractivity contribution in [2.45, 2.75) is 0 Å². The van der Waals surface area contributed by atoms with E-state index in [4.69, 9.17) is 14.7 Å². The fourth-order valence-electron chi connectivity index (χ4n) is 2.72. The highest BCUT2D eigenvalue weighted by Crippen LogP contribution is 2.26. The van der Waals surface area contributed by atoms with Crippen LogP contribution in [0.2, 0.25) is 0 Å². The molecule has 0 aliphatic carbocycles. The van der Waals surface area contributed by atoms with E-state index in [2.05, 4.69) is 10.3 Å². The third kappa shape index (κ3) is 3.93. The number of nitrogens with one attached hydrogen (secondary N) is 1. The van der Waals surface area contributed by atoms with Gasteiger partial charge in [-0.15, -0.1) is 0 Å². The van der Waals surface area contributed by atoms with Gasteiger partial charge >= 0.3 is 0 Å². The van der Waals surface area contributed by atoms with Gasteiger partial charge in [0.15, 0.2) is 5.82 Å². The Morgan fingerprint density at radius 1 is 0.778 bits per heavy atom. The van der Waals surface area contributed by atoms with Crippen molar-refractivity contribution in [2.24, 2.45) is 0 Å². The first-order chi connectivity index (χ1) is 13.3. The topological polar surface area (TPSA) is 59.9 Å². The van der Waals surface area contributed by atoms with Crippen molar-refractivity contribution in [1.29, 1.82) is 0 Å². The molecule has 1 N–H and O–H groups in total. The molecule has 27 heavy (non-hydrogen) atoms. The first-order valence-corrected chi connectivity index (χ1v) is 8.58. The summed E-state index contributed by atoms with van der Waals surface area (Å²) in [5, 5.41) is 3.35. The average Bonchev–Trinajstić information content (AvgIpc) is 2.75. The zero-order chi connectivity index (χ0) is 18.5. The standard InChI is InChI=1S/C22H18N4O/c1-27-19-9-7-18(8-10-19)24-21-15-20(16-11-13-23-14-12-16)25-22(26-21)17-5-3-2-4-6-17/h2-15H,1H3,(H,24,25,26). The van der Waals surface area contributed by atoms with E-state index in [1.165, 1.54) is 0 Å². The largest absolute Gasteiger partial charge is 0.497 e. The second kappa shape index (κ2) is 7.66. The molecular formula is C22H18N4O. The number of hydrogen-bond donors (Lipinski definition) is 1. The lowest BCUT2D eigenvalue weighted by molar-refractivity contribution is 0.415. The number of pyridine rings is 1. The smallest absolute Gasteiger partial charge is 0.162 e. The predicted molar refractivity (Wildman–Crippen MR) is 107 cm³/mol. The minimum atomic E-state index is 0.668. The summed E-state index contributed by atoms with van der Waals surface area (Å²) in [7, 11) is 1.65. The Kier molecular flexibility index (Phi) is 4.74. The van der Waals surface area contributed by atoms with Crippen LogP contribution >= 0.6 is 0 Å². The van der Waals surface area contributed by atoms with Crippen LogP contribution in [0.25, 0.3) is 22.6 Å². The number of ether oxygens (including phenoxy) is 1. The number of anilines is 2. The van der Waals surface area contributed by atoms with Gasteiger partial charge in [0.25, 0.3) is 0 Å². The van der Waals surface area contributed by atoms with Crippen molar-refractivity contribution < 1.29 is 4.74 Å². The van der Waals surface area contributed by atoms with Gasteiger partial charge < -0.3 is 10.1 Å². The molecule has 0 atom stereocenters. The van der Waals surface area contributed by atoms with Gasteiger partial charge in [0.2, 0.25) is 0 Å². The molecule has 0 aliphatic heterocycles. The summed E-state index contributed by atoms with van der Waals surface area (Å²) in [4.78, 5) is 13.5. The van der Waals surface area contributed by atoms with E-state index in [1.54, 1.807) is 19.5 Å². The lowest BCUT2D eigenvalue weighted by Crippen LogP contribution is -1.99. The minimum absolute atomic E-state index is 0.668. The van der Waals surface area contributed by atoms with Gasteiger partial charge in [0.05, 0.1) is 12.8 Å². The van der Waals surface area contributed by atoms with Gasteiger partial charge in [-0.25, -0.2) is 9.97 Å². The lowest BCUT2D eigenvalue weighted by Gasteiger charge is -2.11. The number of methoxy groups -OCH3 is 1. The van der Waals surface area contributed by atoms with Crippen LogP contribution in [-0.2, 0) is 0 Å². The molecule has 0 saturated carbocycles. The summed E-state index contributed by atoms with van der Waals surface area (Å²) in [6, 6.07) is 23.5. The average molecular weight is 354 g/mol. The Morgan fingerprint density at radius 2 is 1.52 bits per heavy atom. The van der Waals surface area contributed by atoms with E-state index < -0.39 is 0 Å². The van der Waals surface area contributed by atoms with Gasteiger partial charge in [0, 0.05) is 35.3 Å². The SMILES string of the molecule is COc1ccc(Nc2cc(-c3ccncc3)nc(-c3ccccc3)n2)cc1. The zero-order valence-electron chi connectivity index (χ0n) is 14.8. The highest BCUT2D eigenvalue weighted by Gasteiger charge is 2.09. The van der Waals surface area contributed by atoms with Crippen molar-refractivity contribution in [3.63, 3.8) is 0 Å². The van der Waals surface area contributed by atoms with Crippen LogP contribution < -0.4 is 10.1 Å². The van der Waals surface area contributed by atoms with Crippen molar-refractivity contribution in [1.82, 2.24) is 15.0 Å². The molecule has 0 radical (unpaired) electrons. The van der Waals surface area contributed by atoms with Crippen LogP contribution in [0.3, 0.4) is 0 Å². The molecule has 0 saturated heterocycles. The van der Waals surface area contributed by atoms with E-state index >= 15 is 0 Å². The second-order valence-corrected chi connectivity index (χ2v) is 5.92. The van der Waals surface area contributed by atoms with Crippen molar-refractivity contribution in [3.8, 4) is 28.4 Å². The molecule has 4 rings (SSSR count). The summed E-state index contributed by atoms with van der Waals surface area (Å²) >= 11 is 0. The van der Waals surface area contributed by atoms with Crippen LogP contribution in [0.15, 0.2) is 85.2 Å². The Hall–Kier alpha value is -3.73. The maximum atomic E-state index is 5.21. The normalized spacial score (nSPS) is 10.4. The monoisotopic (exact) mass is 354 g/mol. The molecule has 0 amide bonds. The second-order valence-electron chi connectivity index (χ2n) is 5.92. The van der Waals surface area contributed by atoms with Crippen molar-refractivity contribution in [3.05, 3.63) is 85.2 Å². The van der Waals surface area contributed by atoms with Gasteiger partial charge in [-0.05, 0) is 36.4 Å². The van der Waals surface area contributed by atoms with E-state index in [1.807, 2.05) is 72.8 Å². The third-order valence-electron chi connectivity index (χ3n) is 4.10. The number of nitrogens with zero attached hydrogens (tertiary/aromatic N) is 3. The minimum Gasteiger partial charge on any atom is -0.497 e. The van der Waals surface area contributed by atoms with E-state index in [0.29, 0.717) is 5.82 Å². The molecule has 2 heterocycles. The summed E-state index contributed by atoms with van der Waals surface area (Å²) in [6.45, 7) is 0. The molecule has 4 aromatic rings. The number of rotatable bonds is 5. The highest BCUT2D eigenvalue weighted by molar-refractivity contribution is 5.69. The summed E-state index contributed by atoms with van der Waals surface area (Å²) in [6.07, 6.45) is 3.52. The molecule has 0 bridgehead atoms. The van der Waals surface area contributed by atoms with Crippen LogP contribution in [0, 0.1) is 0 Å². The van der Waals surface area contributed by atoms with Crippen molar-refractivity contribution >= 4 is 11.5 Å². The maximum Gasteiger partial charge on any atom is 0.162 e. The Labute approximate surface area is 157 Å². The summed E-state index contributed by atoms with van der Waals surface area (Å²) < 4.78 is 5.21. The van der Waals surface area contributed by atoms with Crippen LogP contribution in [0.1, 0.15) is 0 Å². The summed E-state index contributed by atoms with van der Waals surface area (Å²) in [5.41, 5.74) is 3.71. The molecular weight excluding hydrogens is 336 g/mol. The number of benzene rings is 2. The molecule has 0 fully saturated rings.